The Morgan fingerprint density at radius 2 is 1.50 bits per heavy atom. The number of ether oxygens (including phenoxy) is 1. The second-order valence-corrected chi connectivity index (χ2v) is 12.1. The van der Waals surface area contributed by atoms with E-state index in [0.717, 1.165) is 16.4 Å². The largest absolute Gasteiger partial charge is 0.497 e. The predicted molar refractivity (Wildman–Crippen MR) is 141 cm³/mol. The van der Waals surface area contributed by atoms with Crippen molar-refractivity contribution in [3.05, 3.63) is 63.6 Å². The zero-order valence-electron chi connectivity index (χ0n) is 18.9. The SMILES string of the molecule is COc1ccc(C(=O)CN(C(=O)c2ccc(Cl)c(Cl)c2)N2C(=O)[C@@H]3[C@H]4C[C@@H]([C@H](Br)[C@@H]4Br)[C@@H]3C2=O)cc1. The van der Waals surface area contributed by atoms with E-state index in [-0.39, 0.29) is 37.1 Å². The van der Waals surface area contributed by atoms with Gasteiger partial charge in [0.2, 0.25) is 0 Å². The Balaban J connectivity index is 1.51. The average Bonchev–Trinajstić information content (AvgIpc) is 3.48. The Hall–Kier alpha value is -1.94. The Morgan fingerprint density at radius 3 is 2.03 bits per heavy atom. The van der Waals surface area contributed by atoms with Gasteiger partial charge in [-0.3, -0.25) is 19.2 Å². The van der Waals surface area contributed by atoms with Gasteiger partial charge in [-0.15, -0.1) is 0 Å². The highest BCUT2D eigenvalue weighted by Crippen LogP contribution is 2.60. The van der Waals surface area contributed by atoms with E-state index in [1.807, 2.05) is 0 Å². The van der Waals surface area contributed by atoms with Crippen molar-refractivity contribution in [2.75, 3.05) is 13.7 Å². The van der Waals surface area contributed by atoms with Crippen LogP contribution in [0.3, 0.4) is 0 Å². The van der Waals surface area contributed by atoms with Crippen LogP contribution in [0.1, 0.15) is 27.1 Å². The van der Waals surface area contributed by atoms with Crippen LogP contribution in [0.4, 0.5) is 0 Å². The van der Waals surface area contributed by atoms with Crippen LogP contribution < -0.4 is 4.74 Å². The number of amides is 3. The summed E-state index contributed by atoms with van der Waals surface area (Å²) in [6.07, 6.45) is 0.748. The highest BCUT2D eigenvalue weighted by molar-refractivity contribution is 9.12. The van der Waals surface area contributed by atoms with Crippen LogP contribution in [0, 0.1) is 23.7 Å². The summed E-state index contributed by atoms with van der Waals surface area (Å²) in [6, 6.07) is 10.6. The molecule has 3 amide bonds. The number of imide groups is 1. The normalized spacial score (nSPS) is 28.4. The number of Topliss-reactive ketones (excluding diaryl/α,β-unsaturated/α-hetero) is 1. The molecule has 0 aromatic heterocycles. The van der Waals surface area contributed by atoms with E-state index in [0.29, 0.717) is 11.3 Å². The smallest absolute Gasteiger partial charge is 0.273 e. The lowest BCUT2D eigenvalue weighted by Crippen LogP contribution is -2.52. The van der Waals surface area contributed by atoms with Gasteiger partial charge in [0, 0.05) is 20.8 Å². The monoisotopic (exact) mass is 656 g/mol. The van der Waals surface area contributed by atoms with Gasteiger partial charge in [-0.25, -0.2) is 5.01 Å². The van der Waals surface area contributed by atoms with E-state index in [4.69, 9.17) is 27.9 Å². The van der Waals surface area contributed by atoms with Crippen LogP contribution in [-0.4, -0.2) is 56.8 Å². The highest BCUT2D eigenvalue weighted by atomic mass is 79.9. The summed E-state index contributed by atoms with van der Waals surface area (Å²) in [6.45, 7) is -0.507. The quantitative estimate of drug-likeness (QED) is 0.247. The van der Waals surface area contributed by atoms with Gasteiger partial charge < -0.3 is 4.74 Å². The van der Waals surface area contributed by atoms with Crippen molar-refractivity contribution < 1.29 is 23.9 Å². The fraction of sp³-hybridized carbons (Fsp3) is 0.360. The first-order valence-electron chi connectivity index (χ1n) is 11.2. The predicted octanol–water partition coefficient (Wildman–Crippen LogP) is 5.02. The Bertz CT molecular complexity index is 1240. The molecule has 2 aliphatic carbocycles. The molecule has 11 heteroatoms. The maximum absolute atomic E-state index is 13.7. The highest BCUT2D eigenvalue weighted by Gasteiger charge is 2.67. The van der Waals surface area contributed by atoms with Gasteiger partial charge in [-0.1, -0.05) is 55.1 Å². The summed E-state index contributed by atoms with van der Waals surface area (Å²) < 4.78 is 5.14. The van der Waals surface area contributed by atoms with Crippen LogP contribution in [-0.2, 0) is 9.59 Å². The number of ketones is 1. The van der Waals surface area contributed by atoms with Gasteiger partial charge in [0.15, 0.2) is 5.78 Å². The van der Waals surface area contributed by atoms with Gasteiger partial charge in [-0.05, 0) is 60.7 Å². The molecular formula is C25H20Br2Cl2N2O5. The number of methoxy groups -OCH3 is 1. The summed E-state index contributed by atoms with van der Waals surface area (Å²) in [5, 5.41) is 2.22. The van der Waals surface area contributed by atoms with Gasteiger partial charge in [-0.2, -0.15) is 5.01 Å². The van der Waals surface area contributed by atoms with Crippen LogP contribution in [0.2, 0.25) is 10.0 Å². The molecule has 2 aromatic rings. The fourth-order valence-electron chi connectivity index (χ4n) is 5.59. The van der Waals surface area contributed by atoms with Crippen molar-refractivity contribution in [1.29, 1.82) is 0 Å². The standard InChI is InChI=1S/C25H20Br2Cl2N2O5/c1-36-13-5-2-11(3-6-13)18(32)10-30(23(33)12-4-7-16(28)17(29)8-12)31-24(34)19-14-9-15(20(19)25(31)35)22(27)21(14)26/h2-8,14-15,19-22H,9-10H2,1H3/t14-,15-,19-,20+,21-,22+/m1/s1. The third kappa shape index (κ3) is 4.08. The first-order valence-corrected chi connectivity index (χ1v) is 13.8. The number of hydrogen-bond acceptors (Lipinski definition) is 5. The molecule has 36 heavy (non-hydrogen) atoms. The van der Waals surface area contributed by atoms with E-state index in [2.05, 4.69) is 31.9 Å². The molecule has 188 valence electrons. The maximum atomic E-state index is 13.7. The lowest BCUT2D eigenvalue weighted by molar-refractivity contribution is -0.154. The molecule has 0 spiro atoms. The summed E-state index contributed by atoms with van der Waals surface area (Å²) in [5.74, 6) is -2.65. The third-order valence-corrected chi connectivity index (χ3v) is 11.3. The lowest BCUT2D eigenvalue weighted by Gasteiger charge is -2.31. The van der Waals surface area contributed by atoms with E-state index < -0.39 is 41.9 Å². The summed E-state index contributed by atoms with van der Waals surface area (Å²) in [7, 11) is 1.51. The van der Waals surface area contributed by atoms with Gasteiger partial charge in [0.1, 0.15) is 12.3 Å². The molecule has 6 atom stereocenters. The molecule has 1 saturated heterocycles. The molecule has 5 rings (SSSR count). The van der Waals surface area contributed by atoms with E-state index >= 15 is 0 Å². The number of rotatable bonds is 6. The zero-order chi connectivity index (χ0) is 25.9. The molecule has 3 aliphatic rings. The number of fused-ring (bicyclic) bond motifs is 5. The van der Waals surface area contributed by atoms with Crippen LogP contribution >= 0.6 is 55.1 Å². The lowest BCUT2D eigenvalue weighted by atomic mass is 9.81. The second kappa shape index (κ2) is 9.74. The van der Waals surface area contributed by atoms with Crippen LogP contribution in [0.15, 0.2) is 42.5 Å². The summed E-state index contributed by atoms with van der Waals surface area (Å²) in [4.78, 5) is 54.3. The first kappa shape index (κ1) is 25.7. The van der Waals surface area contributed by atoms with E-state index in [1.54, 1.807) is 24.3 Å². The van der Waals surface area contributed by atoms with Gasteiger partial charge in [0.25, 0.3) is 17.7 Å². The molecule has 0 unspecified atom stereocenters. The number of benzene rings is 2. The summed E-state index contributed by atoms with van der Waals surface area (Å²) >= 11 is 19.5. The molecule has 2 bridgehead atoms. The topological polar surface area (TPSA) is 84.0 Å². The van der Waals surface area contributed by atoms with E-state index in [1.165, 1.54) is 25.3 Å². The molecule has 0 radical (unpaired) electrons. The van der Waals surface area contributed by atoms with Crippen molar-refractivity contribution in [1.82, 2.24) is 10.0 Å². The van der Waals surface area contributed by atoms with Crippen LogP contribution in [0.25, 0.3) is 0 Å². The molecule has 1 aliphatic heterocycles. The Kier molecular flexibility index (Phi) is 6.95. The minimum Gasteiger partial charge on any atom is -0.497 e. The van der Waals surface area contributed by atoms with Gasteiger partial charge >= 0.3 is 0 Å². The molecule has 7 nitrogen and oxygen atoms in total. The average molecular weight is 659 g/mol. The van der Waals surface area contributed by atoms with Crippen molar-refractivity contribution in [3.63, 3.8) is 0 Å². The first-order chi connectivity index (χ1) is 17.1. The molecule has 3 fully saturated rings. The van der Waals surface area contributed by atoms with Gasteiger partial charge in [0.05, 0.1) is 29.0 Å². The number of alkyl halides is 2. The minimum atomic E-state index is -0.699. The third-order valence-electron chi connectivity index (χ3n) is 7.31. The summed E-state index contributed by atoms with van der Waals surface area (Å²) in [5.41, 5.74) is 0.410. The van der Waals surface area contributed by atoms with Crippen molar-refractivity contribution >= 4 is 78.6 Å². The van der Waals surface area contributed by atoms with Crippen molar-refractivity contribution in [2.45, 2.75) is 16.1 Å². The second-order valence-electron chi connectivity index (χ2n) is 9.14. The number of carbonyl (C=O) groups is 4. The fourth-order valence-corrected chi connectivity index (χ4v) is 7.76. The maximum Gasteiger partial charge on any atom is 0.273 e. The number of halogens is 4. The Labute approximate surface area is 234 Å². The van der Waals surface area contributed by atoms with Crippen LogP contribution in [0.5, 0.6) is 5.75 Å². The minimum absolute atomic E-state index is 0.0370. The molecule has 2 saturated carbocycles. The number of nitrogens with zero attached hydrogens (tertiary/aromatic N) is 2. The molecule has 0 N–H and O–H groups in total. The van der Waals surface area contributed by atoms with E-state index in [9.17, 15) is 19.2 Å². The number of hydrazine groups is 1. The number of hydrogen-bond donors (Lipinski definition) is 0. The molecule has 2 aromatic carbocycles. The number of carbonyl (C=O) groups excluding carboxylic acids is 4. The van der Waals surface area contributed by atoms with Crippen molar-refractivity contribution in [2.24, 2.45) is 23.7 Å². The van der Waals surface area contributed by atoms with Crippen molar-refractivity contribution in [3.8, 4) is 5.75 Å². The molecule has 1 heterocycles. The zero-order valence-corrected chi connectivity index (χ0v) is 23.6. The Morgan fingerprint density at radius 1 is 0.944 bits per heavy atom. The molecular weight excluding hydrogens is 639 g/mol.